The molecular formula is C22H38O5. The highest BCUT2D eigenvalue weighted by Gasteiger charge is 2.45. The predicted octanol–water partition coefficient (Wildman–Crippen LogP) is 3.76. The Balaban J connectivity index is 1.75. The lowest BCUT2D eigenvalue weighted by Crippen LogP contribution is -2.33. The number of aliphatic hydroxyl groups excluding tert-OH is 2. The van der Waals surface area contributed by atoms with Gasteiger partial charge in [-0.3, -0.25) is 4.79 Å². The summed E-state index contributed by atoms with van der Waals surface area (Å²) in [4.78, 5) is 11.4. The minimum absolute atomic E-state index is 0.0799. The molecule has 2 N–H and O–H groups in total. The number of rotatable bonds is 11. The Bertz CT molecular complexity index is 464. The van der Waals surface area contributed by atoms with Crippen molar-refractivity contribution >= 4 is 5.97 Å². The molecular weight excluding hydrogens is 344 g/mol. The fourth-order valence-corrected chi connectivity index (χ4v) is 4.48. The zero-order valence-electron chi connectivity index (χ0n) is 17.0. The second-order valence-corrected chi connectivity index (χ2v) is 8.06. The maximum Gasteiger partial charge on any atom is 0.305 e. The first kappa shape index (κ1) is 22.4. The number of fused-ring (bicyclic) bond motifs is 1. The van der Waals surface area contributed by atoms with Crippen molar-refractivity contribution in [1.29, 1.82) is 0 Å². The molecule has 0 bridgehead atoms. The Morgan fingerprint density at radius 2 is 2.07 bits per heavy atom. The molecule has 1 aliphatic heterocycles. The minimum Gasteiger partial charge on any atom is -0.466 e. The average molecular weight is 383 g/mol. The monoisotopic (exact) mass is 382 g/mol. The maximum atomic E-state index is 11.4. The summed E-state index contributed by atoms with van der Waals surface area (Å²) in [5.41, 5.74) is 0. The molecule has 5 nitrogen and oxygen atoms in total. The molecule has 0 amide bonds. The van der Waals surface area contributed by atoms with E-state index in [0.29, 0.717) is 25.4 Å². The number of carbonyl (C=O) groups is 1. The van der Waals surface area contributed by atoms with Gasteiger partial charge in [-0.2, -0.15) is 0 Å². The van der Waals surface area contributed by atoms with Gasteiger partial charge in [-0.25, -0.2) is 0 Å². The van der Waals surface area contributed by atoms with E-state index < -0.39 is 12.2 Å². The molecule has 0 aromatic rings. The van der Waals surface area contributed by atoms with Crippen LogP contribution in [0.3, 0.4) is 0 Å². The second kappa shape index (κ2) is 11.8. The molecule has 5 heteroatoms. The molecule has 1 aliphatic carbocycles. The number of hydrogen-bond acceptors (Lipinski definition) is 5. The first-order chi connectivity index (χ1) is 13.0. The molecule has 1 heterocycles. The van der Waals surface area contributed by atoms with Crippen LogP contribution in [0.4, 0.5) is 0 Å². The number of carbonyl (C=O) groups excluding carboxylic acids is 1. The van der Waals surface area contributed by atoms with Crippen LogP contribution < -0.4 is 0 Å². The molecule has 156 valence electrons. The molecule has 2 fully saturated rings. The van der Waals surface area contributed by atoms with Crippen LogP contribution in [0.25, 0.3) is 0 Å². The van der Waals surface area contributed by atoms with Gasteiger partial charge in [-0.1, -0.05) is 38.3 Å². The molecule has 0 aromatic heterocycles. The predicted molar refractivity (Wildman–Crippen MR) is 105 cm³/mol. The molecule has 27 heavy (non-hydrogen) atoms. The van der Waals surface area contributed by atoms with E-state index in [0.717, 1.165) is 51.4 Å². The van der Waals surface area contributed by atoms with Gasteiger partial charge in [0.1, 0.15) is 0 Å². The molecule has 6 atom stereocenters. The summed E-state index contributed by atoms with van der Waals surface area (Å²) in [6.45, 7) is 4.41. The van der Waals surface area contributed by atoms with Crippen LogP contribution in [-0.2, 0) is 14.3 Å². The first-order valence-electron chi connectivity index (χ1n) is 10.9. The van der Waals surface area contributed by atoms with Crippen molar-refractivity contribution in [1.82, 2.24) is 0 Å². The Kier molecular flexibility index (Phi) is 9.80. The number of ether oxygens (including phenoxy) is 2. The minimum atomic E-state index is -0.414. The third-order valence-electron chi connectivity index (χ3n) is 5.95. The summed E-state index contributed by atoms with van der Waals surface area (Å²) in [6, 6.07) is 0. The lowest BCUT2D eigenvalue weighted by molar-refractivity contribution is -0.143. The van der Waals surface area contributed by atoms with E-state index >= 15 is 0 Å². The SMILES string of the molecule is CCCCC[C@H](O)/C=C/[C@@H]1[C@H]2CCC(CCCC(=O)OCC)O[C@@H]2C[C@H]1O. The second-order valence-electron chi connectivity index (χ2n) is 8.06. The third-order valence-corrected chi connectivity index (χ3v) is 5.95. The first-order valence-corrected chi connectivity index (χ1v) is 10.9. The Morgan fingerprint density at radius 1 is 1.26 bits per heavy atom. The van der Waals surface area contributed by atoms with E-state index in [-0.39, 0.29) is 24.1 Å². The Labute approximate surface area is 164 Å². The maximum absolute atomic E-state index is 11.4. The van der Waals surface area contributed by atoms with E-state index in [1.807, 2.05) is 19.1 Å². The van der Waals surface area contributed by atoms with Gasteiger partial charge in [-0.15, -0.1) is 0 Å². The average Bonchev–Trinajstić information content (AvgIpc) is 2.95. The van der Waals surface area contributed by atoms with Gasteiger partial charge in [0.2, 0.25) is 0 Å². The number of esters is 1. The highest BCUT2D eigenvalue weighted by atomic mass is 16.5. The van der Waals surface area contributed by atoms with Gasteiger partial charge < -0.3 is 19.7 Å². The van der Waals surface area contributed by atoms with Gasteiger partial charge in [-0.05, 0) is 44.9 Å². The standard InChI is InChI=1S/C22H38O5/c1-3-5-6-8-16(23)11-13-18-19-14-12-17(27-21(19)15-20(18)24)9-7-10-22(25)26-4-2/h11,13,16-21,23-24H,3-10,12,14-15H2,1-2H3/b13-11+/t16-,17?,18+,19+,20+,21+/m0/s1. The molecule has 1 saturated carbocycles. The zero-order chi connectivity index (χ0) is 19.6. The van der Waals surface area contributed by atoms with Crippen molar-refractivity contribution in [3.8, 4) is 0 Å². The van der Waals surface area contributed by atoms with Crippen molar-refractivity contribution in [2.24, 2.45) is 11.8 Å². The van der Waals surface area contributed by atoms with Crippen molar-refractivity contribution in [2.45, 2.75) is 102 Å². The molecule has 2 rings (SSSR count). The van der Waals surface area contributed by atoms with E-state index in [1.54, 1.807) is 0 Å². The lowest BCUT2D eigenvalue weighted by atomic mass is 9.85. The van der Waals surface area contributed by atoms with Crippen molar-refractivity contribution < 1.29 is 24.5 Å². The van der Waals surface area contributed by atoms with Crippen LogP contribution in [0.2, 0.25) is 0 Å². The van der Waals surface area contributed by atoms with Crippen LogP contribution in [0.15, 0.2) is 12.2 Å². The topological polar surface area (TPSA) is 76.0 Å². The van der Waals surface area contributed by atoms with Crippen molar-refractivity contribution in [3.05, 3.63) is 12.2 Å². The molecule has 2 aliphatic rings. The van der Waals surface area contributed by atoms with Gasteiger partial charge in [0.05, 0.1) is 31.0 Å². The summed E-state index contributed by atoms with van der Waals surface area (Å²) in [7, 11) is 0. The summed E-state index contributed by atoms with van der Waals surface area (Å²) in [5, 5.41) is 20.6. The molecule has 1 saturated heterocycles. The summed E-state index contributed by atoms with van der Waals surface area (Å²) in [5.74, 6) is 0.280. The molecule has 1 unspecified atom stereocenters. The number of hydrogen-bond donors (Lipinski definition) is 2. The van der Waals surface area contributed by atoms with Gasteiger partial charge >= 0.3 is 5.97 Å². The summed E-state index contributed by atoms with van der Waals surface area (Å²) < 4.78 is 11.2. The van der Waals surface area contributed by atoms with E-state index in [2.05, 4.69) is 6.92 Å². The van der Waals surface area contributed by atoms with E-state index in [4.69, 9.17) is 9.47 Å². The van der Waals surface area contributed by atoms with E-state index in [1.165, 1.54) is 0 Å². The quantitative estimate of drug-likeness (QED) is 0.323. The summed E-state index contributed by atoms with van der Waals surface area (Å²) >= 11 is 0. The lowest BCUT2D eigenvalue weighted by Gasteiger charge is -2.34. The van der Waals surface area contributed by atoms with Gasteiger partial charge in [0.25, 0.3) is 0 Å². The third kappa shape index (κ3) is 7.20. The molecule has 0 aromatic carbocycles. The van der Waals surface area contributed by atoms with Crippen LogP contribution in [-0.4, -0.2) is 47.2 Å². The molecule has 0 spiro atoms. The fraction of sp³-hybridized carbons (Fsp3) is 0.864. The van der Waals surface area contributed by atoms with Crippen molar-refractivity contribution in [2.75, 3.05) is 6.61 Å². The van der Waals surface area contributed by atoms with E-state index in [9.17, 15) is 15.0 Å². The van der Waals surface area contributed by atoms with Crippen LogP contribution in [0.1, 0.15) is 78.1 Å². The summed E-state index contributed by atoms with van der Waals surface area (Å²) in [6.07, 6.45) is 12.3. The van der Waals surface area contributed by atoms with Gasteiger partial charge in [0, 0.05) is 18.8 Å². The highest BCUT2D eigenvalue weighted by Crippen LogP contribution is 2.43. The van der Waals surface area contributed by atoms with Crippen molar-refractivity contribution in [3.63, 3.8) is 0 Å². The van der Waals surface area contributed by atoms with Gasteiger partial charge in [0.15, 0.2) is 0 Å². The Hall–Kier alpha value is -0.910. The smallest absolute Gasteiger partial charge is 0.305 e. The normalized spacial score (nSPS) is 31.8. The highest BCUT2D eigenvalue weighted by molar-refractivity contribution is 5.69. The van der Waals surface area contributed by atoms with Crippen LogP contribution >= 0.6 is 0 Å². The number of unbranched alkanes of at least 4 members (excludes halogenated alkanes) is 2. The zero-order valence-corrected chi connectivity index (χ0v) is 17.0. The Morgan fingerprint density at radius 3 is 2.81 bits per heavy atom. The molecule has 0 radical (unpaired) electrons. The number of aliphatic hydroxyl groups is 2. The van der Waals surface area contributed by atoms with Crippen LogP contribution in [0, 0.1) is 11.8 Å². The largest absolute Gasteiger partial charge is 0.466 e. The van der Waals surface area contributed by atoms with Crippen LogP contribution in [0.5, 0.6) is 0 Å². The fourth-order valence-electron chi connectivity index (χ4n) is 4.48.